The summed E-state index contributed by atoms with van der Waals surface area (Å²) in [5.41, 5.74) is 2.45. The van der Waals surface area contributed by atoms with E-state index in [-0.39, 0.29) is 5.91 Å². The maximum absolute atomic E-state index is 13.0. The van der Waals surface area contributed by atoms with Crippen LogP contribution in [0.3, 0.4) is 0 Å². The number of amides is 1. The largest absolute Gasteiger partial charge is 0.367 e. The highest BCUT2D eigenvalue weighted by atomic mass is 16.2. The van der Waals surface area contributed by atoms with Crippen molar-refractivity contribution in [1.29, 1.82) is 0 Å². The molecule has 10 heteroatoms. The van der Waals surface area contributed by atoms with E-state index < -0.39 is 0 Å². The van der Waals surface area contributed by atoms with Gasteiger partial charge in [-0.1, -0.05) is 0 Å². The van der Waals surface area contributed by atoms with Crippen LogP contribution < -0.4 is 20.5 Å². The first-order chi connectivity index (χ1) is 16.9. The molecule has 0 aromatic carbocycles. The Morgan fingerprint density at radius 2 is 1.80 bits per heavy atom. The van der Waals surface area contributed by atoms with Crippen molar-refractivity contribution >= 4 is 34.4 Å². The van der Waals surface area contributed by atoms with Crippen LogP contribution in [0.2, 0.25) is 0 Å². The second-order valence-corrected chi connectivity index (χ2v) is 9.93. The minimum atomic E-state index is -0.0445. The molecule has 5 heterocycles. The highest BCUT2D eigenvalue weighted by Gasteiger charge is 2.24. The molecule has 0 saturated carbocycles. The van der Waals surface area contributed by atoms with Gasteiger partial charge in [0.15, 0.2) is 5.65 Å². The number of hydrogen-bond donors (Lipinski definition) is 2. The number of piperazine rings is 1. The summed E-state index contributed by atoms with van der Waals surface area (Å²) in [5, 5.41) is 9.87. The average Bonchev–Trinajstić information content (AvgIpc) is 3.22. The molecule has 10 nitrogen and oxygen atoms in total. The number of anilines is 3. The highest BCUT2D eigenvalue weighted by Crippen LogP contribution is 2.24. The van der Waals surface area contributed by atoms with E-state index in [1.54, 1.807) is 25.2 Å². The first-order valence-electron chi connectivity index (χ1n) is 12.5. The Morgan fingerprint density at radius 1 is 1.06 bits per heavy atom. The Hall–Kier alpha value is -3.40. The molecule has 0 unspecified atom stereocenters. The molecule has 2 saturated heterocycles. The molecule has 5 rings (SSSR count). The van der Waals surface area contributed by atoms with Gasteiger partial charge in [-0.05, 0) is 51.3 Å². The van der Waals surface area contributed by atoms with Gasteiger partial charge >= 0.3 is 0 Å². The van der Waals surface area contributed by atoms with Gasteiger partial charge in [-0.3, -0.25) is 4.79 Å². The van der Waals surface area contributed by atoms with E-state index in [0.29, 0.717) is 29.5 Å². The van der Waals surface area contributed by atoms with Crippen LogP contribution in [0.1, 0.15) is 43.6 Å². The fourth-order valence-electron chi connectivity index (χ4n) is 5.08. The molecule has 2 aliphatic heterocycles. The second-order valence-electron chi connectivity index (χ2n) is 9.93. The Bertz CT molecular complexity index is 1170. The van der Waals surface area contributed by atoms with Crippen molar-refractivity contribution in [3.63, 3.8) is 0 Å². The second kappa shape index (κ2) is 9.69. The summed E-state index contributed by atoms with van der Waals surface area (Å²) in [6.07, 6.45) is 7.09. The van der Waals surface area contributed by atoms with Crippen molar-refractivity contribution in [1.82, 2.24) is 29.8 Å². The molecule has 35 heavy (non-hydrogen) atoms. The highest BCUT2D eigenvalue weighted by molar-refractivity contribution is 5.98. The van der Waals surface area contributed by atoms with E-state index in [9.17, 15) is 4.79 Å². The third-order valence-corrected chi connectivity index (χ3v) is 6.67. The van der Waals surface area contributed by atoms with Crippen molar-refractivity contribution in [2.45, 2.75) is 45.2 Å². The molecule has 186 valence electrons. The molecule has 2 atom stereocenters. The van der Waals surface area contributed by atoms with Gasteiger partial charge in [-0.2, -0.15) is 4.98 Å². The van der Waals surface area contributed by atoms with Crippen LogP contribution in [0.4, 0.5) is 17.5 Å². The lowest BCUT2D eigenvalue weighted by atomic mass is 10.1. The zero-order chi connectivity index (χ0) is 24.5. The third kappa shape index (κ3) is 4.88. The smallest absolute Gasteiger partial charge is 0.272 e. The predicted octanol–water partition coefficient (Wildman–Crippen LogP) is 2.58. The molecular weight excluding hydrogens is 442 g/mol. The van der Waals surface area contributed by atoms with Crippen molar-refractivity contribution in [2.24, 2.45) is 0 Å². The molecule has 0 bridgehead atoms. The number of carbonyl (C=O) groups is 1. The molecule has 2 N–H and O–H groups in total. The minimum Gasteiger partial charge on any atom is -0.367 e. The van der Waals surface area contributed by atoms with Crippen LogP contribution in [0.5, 0.6) is 0 Å². The van der Waals surface area contributed by atoms with Crippen molar-refractivity contribution < 1.29 is 4.79 Å². The molecule has 1 amide bonds. The van der Waals surface area contributed by atoms with Crippen LogP contribution >= 0.6 is 0 Å². The molecule has 2 fully saturated rings. The fourth-order valence-corrected chi connectivity index (χ4v) is 5.08. The topological polar surface area (TPSA) is 94.5 Å². The van der Waals surface area contributed by atoms with E-state index in [4.69, 9.17) is 4.98 Å². The standard InChI is InChI=1S/C25H35N9O/c1-17-15-32(16-18(2)28-17)20-8-9-22(26-14-20)29-25-27-13-19-12-21(24(35)31(3)4)34(23(19)30-25)33-10-6-5-7-11-33/h8-9,12-14,17-18,28H,5-7,10-11,15-16H2,1-4H3,(H,26,27,29,30)/t17-,18+. The van der Waals surface area contributed by atoms with Gasteiger partial charge in [0.2, 0.25) is 5.95 Å². The van der Waals surface area contributed by atoms with E-state index in [2.05, 4.69) is 50.4 Å². The van der Waals surface area contributed by atoms with Gasteiger partial charge in [0.1, 0.15) is 11.5 Å². The van der Waals surface area contributed by atoms with Crippen LogP contribution in [0.15, 0.2) is 30.6 Å². The molecular formula is C25H35N9O. The fraction of sp³-hybridized carbons (Fsp3) is 0.520. The Labute approximate surface area is 206 Å². The van der Waals surface area contributed by atoms with Crippen molar-refractivity contribution in [3.8, 4) is 0 Å². The summed E-state index contributed by atoms with van der Waals surface area (Å²) >= 11 is 0. The molecule has 3 aromatic rings. The maximum atomic E-state index is 13.0. The first kappa shape index (κ1) is 23.3. The SMILES string of the molecule is C[C@@H]1CN(c2ccc(Nc3ncc4cc(C(=O)N(C)C)n(N5CCCCC5)c4n3)nc2)C[C@H](C)N1. The lowest BCUT2D eigenvalue weighted by Crippen LogP contribution is -2.54. The molecule has 3 aromatic heterocycles. The number of carbonyl (C=O) groups excluding carboxylic acids is 1. The number of hydrogen-bond acceptors (Lipinski definition) is 8. The van der Waals surface area contributed by atoms with Gasteiger partial charge in [0, 0.05) is 63.9 Å². The van der Waals surface area contributed by atoms with E-state index in [0.717, 1.165) is 55.7 Å². The van der Waals surface area contributed by atoms with Crippen LogP contribution in [-0.2, 0) is 0 Å². The number of aromatic nitrogens is 4. The summed E-state index contributed by atoms with van der Waals surface area (Å²) in [6.45, 7) is 8.13. The summed E-state index contributed by atoms with van der Waals surface area (Å²) in [4.78, 5) is 30.8. The lowest BCUT2D eigenvalue weighted by molar-refractivity contribution is 0.0816. The maximum Gasteiger partial charge on any atom is 0.272 e. The number of nitrogens with one attached hydrogen (secondary N) is 2. The van der Waals surface area contributed by atoms with Gasteiger partial charge in [0.25, 0.3) is 5.91 Å². The minimum absolute atomic E-state index is 0.0445. The van der Waals surface area contributed by atoms with Crippen LogP contribution in [0.25, 0.3) is 11.0 Å². The molecule has 0 aliphatic carbocycles. The zero-order valence-electron chi connectivity index (χ0n) is 21.0. The number of fused-ring (bicyclic) bond motifs is 1. The van der Waals surface area contributed by atoms with Gasteiger partial charge in [-0.15, -0.1) is 0 Å². The third-order valence-electron chi connectivity index (χ3n) is 6.67. The Kier molecular flexibility index (Phi) is 6.46. The summed E-state index contributed by atoms with van der Waals surface area (Å²) in [5.74, 6) is 1.10. The van der Waals surface area contributed by atoms with Crippen molar-refractivity contribution in [3.05, 3.63) is 36.3 Å². The average molecular weight is 478 g/mol. The molecule has 2 aliphatic rings. The Morgan fingerprint density at radius 3 is 2.46 bits per heavy atom. The molecule has 0 spiro atoms. The lowest BCUT2D eigenvalue weighted by Gasteiger charge is -2.37. The normalized spacial score (nSPS) is 20.8. The first-order valence-corrected chi connectivity index (χ1v) is 12.5. The summed E-state index contributed by atoms with van der Waals surface area (Å²) in [6, 6.07) is 6.82. The summed E-state index contributed by atoms with van der Waals surface area (Å²) < 4.78 is 1.98. The summed E-state index contributed by atoms with van der Waals surface area (Å²) in [7, 11) is 3.55. The Balaban J connectivity index is 1.41. The number of rotatable bonds is 5. The van der Waals surface area contributed by atoms with Crippen LogP contribution in [-0.4, -0.2) is 82.8 Å². The van der Waals surface area contributed by atoms with Gasteiger partial charge in [0.05, 0.1) is 11.9 Å². The van der Waals surface area contributed by atoms with E-state index >= 15 is 0 Å². The predicted molar refractivity (Wildman–Crippen MR) is 139 cm³/mol. The van der Waals surface area contributed by atoms with E-state index in [1.807, 2.05) is 23.0 Å². The van der Waals surface area contributed by atoms with Gasteiger partial charge < -0.3 is 25.4 Å². The van der Waals surface area contributed by atoms with Crippen LogP contribution in [0, 0.1) is 0 Å². The monoisotopic (exact) mass is 477 g/mol. The van der Waals surface area contributed by atoms with E-state index in [1.165, 1.54) is 6.42 Å². The molecule has 0 radical (unpaired) electrons. The van der Waals surface area contributed by atoms with Crippen molar-refractivity contribution in [2.75, 3.05) is 55.5 Å². The quantitative estimate of drug-likeness (QED) is 0.579. The number of nitrogens with zero attached hydrogens (tertiary/aromatic N) is 7. The zero-order valence-corrected chi connectivity index (χ0v) is 21.0. The number of pyridine rings is 1. The van der Waals surface area contributed by atoms with Gasteiger partial charge in [-0.25, -0.2) is 14.6 Å². The number of piperidine rings is 1.